The van der Waals surface area contributed by atoms with Gasteiger partial charge in [-0.3, -0.25) is 4.79 Å². The zero-order chi connectivity index (χ0) is 20.1. The number of Topliss-reactive ketones (excluding diaryl/α,β-unsaturated/α-hetero) is 1. The Balaban J connectivity index is 1.99. The molecule has 1 aromatic heterocycles. The third-order valence-electron chi connectivity index (χ3n) is 4.80. The first-order chi connectivity index (χ1) is 13.5. The minimum atomic E-state index is -0.415. The Kier molecular flexibility index (Phi) is 6.04. The van der Waals surface area contributed by atoms with E-state index in [0.717, 1.165) is 11.1 Å². The van der Waals surface area contributed by atoms with Gasteiger partial charge in [0.1, 0.15) is 11.6 Å². The standard InChI is InChI=1S/C23H22FNO3/c1-15-6-4-5-7-18(15)20(19-10-9-17(27-2)12-21(19)24)13-22(26)16-8-11-23(28-3)25-14-16/h4-12,14,20H,13H2,1-3H3. The van der Waals surface area contributed by atoms with Crippen LogP contribution in [0.15, 0.2) is 60.8 Å². The number of carbonyl (C=O) groups excluding carboxylic acids is 1. The van der Waals surface area contributed by atoms with Crippen LogP contribution in [0.25, 0.3) is 0 Å². The van der Waals surface area contributed by atoms with Gasteiger partial charge in [-0.2, -0.15) is 0 Å². The molecule has 0 radical (unpaired) electrons. The van der Waals surface area contributed by atoms with E-state index >= 15 is 0 Å². The third kappa shape index (κ3) is 4.19. The number of aryl methyl sites for hydroxylation is 1. The Morgan fingerprint density at radius 3 is 2.43 bits per heavy atom. The van der Waals surface area contributed by atoms with Gasteiger partial charge in [0.05, 0.1) is 14.2 Å². The maximum atomic E-state index is 14.8. The summed E-state index contributed by atoms with van der Waals surface area (Å²) >= 11 is 0. The molecule has 144 valence electrons. The molecule has 0 fully saturated rings. The van der Waals surface area contributed by atoms with E-state index in [1.54, 1.807) is 24.3 Å². The zero-order valence-corrected chi connectivity index (χ0v) is 16.1. The van der Waals surface area contributed by atoms with Crippen molar-refractivity contribution in [2.75, 3.05) is 14.2 Å². The summed E-state index contributed by atoms with van der Waals surface area (Å²) in [5.74, 6) is -0.0442. The molecule has 0 aliphatic rings. The van der Waals surface area contributed by atoms with Gasteiger partial charge < -0.3 is 9.47 Å². The van der Waals surface area contributed by atoms with Gasteiger partial charge in [-0.1, -0.05) is 30.3 Å². The first-order valence-electron chi connectivity index (χ1n) is 8.95. The maximum Gasteiger partial charge on any atom is 0.212 e. The summed E-state index contributed by atoms with van der Waals surface area (Å²) in [7, 11) is 3.01. The number of hydrogen-bond donors (Lipinski definition) is 0. The molecule has 0 amide bonds. The molecular weight excluding hydrogens is 357 g/mol. The normalized spacial score (nSPS) is 11.7. The fraction of sp³-hybridized carbons (Fsp3) is 0.217. The molecule has 0 aliphatic carbocycles. The molecule has 3 rings (SSSR count). The van der Waals surface area contributed by atoms with Crippen molar-refractivity contribution in [3.05, 3.63) is 88.9 Å². The number of benzene rings is 2. The van der Waals surface area contributed by atoms with Crippen molar-refractivity contribution in [1.82, 2.24) is 4.98 Å². The Morgan fingerprint density at radius 2 is 1.82 bits per heavy atom. The summed E-state index contributed by atoms with van der Waals surface area (Å²) in [5.41, 5.74) is 2.85. The van der Waals surface area contributed by atoms with Crippen LogP contribution in [0.5, 0.6) is 11.6 Å². The van der Waals surface area contributed by atoms with Crippen molar-refractivity contribution in [2.45, 2.75) is 19.3 Å². The topological polar surface area (TPSA) is 48.4 Å². The number of halogens is 1. The van der Waals surface area contributed by atoms with Crippen molar-refractivity contribution >= 4 is 5.78 Å². The zero-order valence-electron chi connectivity index (χ0n) is 16.1. The summed E-state index contributed by atoms with van der Waals surface area (Å²) in [6.45, 7) is 1.96. The van der Waals surface area contributed by atoms with Gasteiger partial charge in [0.2, 0.25) is 5.88 Å². The molecule has 1 heterocycles. The monoisotopic (exact) mass is 379 g/mol. The van der Waals surface area contributed by atoms with Gasteiger partial charge in [-0.25, -0.2) is 9.37 Å². The van der Waals surface area contributed by atoms with Gasteiger partial charge >= 0.3 is 0 Å². The van der Waals surface area contributed by atoms with Crippen LogP contribution in [0, 0.1) is 12.7 Å². The predicted octanol–water partition coefficient (Wildman–Crippen LogP) is 4.95. The number of methoxy groups -OCH3 is 2. The quantitative estimate of drug-likeness (QED) is 0.545. The fourth-order valence-electron chi connectivity index (χ4n) is 3.25. The first-order valence-corrected chi connectivity index (χ1v) is 8.95. The van der Waals surface area contributed by atoms with Gasteiger partial charge in [0.15, 0.2) is 5.78 Å². The van der Waals surface area contributed by atoms with E-state index in [0.29, 0.717) is 22.8 Å². The number of carbonyl (C=O) groups is 1. The van der Waals surface area contributed by atoms with Crippen LogP contribution in [0.4, 0.5) is 4.39 Å². The fourth-order valence-corrected chi connectivity index (χ4v) is 3.25. The Morgan fingerprint density at radius 1 is 1.04 bits per heavy atom. The molecule has 0 spiro atoms. The van der Waals surface area contributed by atoms with Crippen molar-refractivity contribution in [3.8, 4) is 11.6 Å². The maximum absolute atomic E-state index is 14.8. The lowest BCUT2D eigenvalue weighted by Crippen LogP contribution is -2.12. The van der Waals surface area contributed by atoms with Gasteiger partial charge in [-0.05, 0) is 35.7 Å². The Labute approximate surface area is 164 Å². The average molecular weight is 379 g/mol. The lowest BCUT2D eigenvalue weighted by Gasteiger charge is -2.20. The first kappa shape index (κ1) is 19.5. The van der Waals surface area contributed by atoms with E-state index < -0.39 is 11.7 Å². The van der Waals surface area contributed by atoms with Crippen LogP contribution in [0.2, 0.25) is 0 Å². The van der Waals surface area contributed by atoms with E-state index in [1.807, 2.05) is 31.2 Å². The number of hydrogen-bond acceptors (Lipinski definition) is 4. The number of aromatic nitrogens is 1. The average Bonchev–Trinajstić information content (AvgIpc) is 2.72. The largest absolute Gasteiger partial charge is 0.497 e. The van der Waals surface area contributed by atoms with Crippen molar-refractivity contribution in [2.24, 2.45) is 0 Å². The smallest absolute Gasteiger partial charge is 0.212 e. The van der Waals surface area contributed by atoms with Gasteiger partial charge in [0, 0.05) is 36.2 Å². The predicted molar refractivity (Wildman–Crippen MR) is 106 cm³/mol. The summed E-state index contributed by atoms with van der Waals surface area (Å²) in [5, 5.41) is 0. The van der Waals surface area contributed by atoms with E-state index in [1.165, 1.54) is 26.5 Å². The van der Waals surface area contributed by atoms with Crippen LogP contribution in [-0.4, -0.2) is 25.0 Å². The van der Waals surface area contributed by atoms with Gasteiger partial charge in [0.25, 0.3) is 0 Å². The van der Waals surface area contributed by atoms with E-state index in [-0.39, 0.29) is 12.2 Å². The molecule has 4 nitrogen and oxygen atoms in total. The van der Waals surface area contributed by atoms with Crippen LogP contribution >= 0.6 is 0 Å². The lowest BCUT2D eigenvalue weighted by molar-refractivity contribution is 0.0977. The molecule has 0 aliphatic heterocycles. The Bertz CT molecular complexity index is 970. The number of nitrogens with zero attached hydrogens (tertiary/aromatic N) is 1. The second-order valence-corrected chi connectivity index (χ2v) is 6.51. The van der Waals surface area contributed by atoms with Crippen LogP contribution < -0.4 is 9.47 Å². The highest BCUT2D eigenvalue weighted by Crippen LogP contribution is 2.34. The molecule has 0 N–H and O–H groups in total. The highest BCUT2D eigenvalue weighted by Gasteiger charge is 2.24. The molecule has 28 heavy (non-hydrogen) atoms. The molecule has 5 heteroatoms. The van der Waals surface area contributed by atoms with Crippen molar-refractivity contribution < 1.29 is 18.7 Å². The molecule has 0 saturated carbocycles. The summed E-state index contributed by atoms with van der Waals surface area (Å²) < 4.78 is 25.0. The second kappa shape index (κ2) is 8.65. The number of pyridine rings is 1. The minimum Gasteiger partial charge on any atom is -0.497 e. The highest BCUT2D eigenvalue weighted by molar-refractivity contribution is 5.96. The summed E-state index contributed by atoms with van der Waals surface area (Å²) in [6.07, 6.45) is 1.61. The second-order valence-electron chi connectivity index (χ2n) is 6.51. The molecule has 2 aromatic carbocycles. The molecule has 0 bridgehead atoms. The minimum absolute atomic E-state index is 0.112. The Hall–Kier alpha value is -3.21. The SMILES string of the molecule is COc1ccc(C(CC(=O)c2ccc(OC)nc2)c2ccccc2C)c(F)c1. The van der Waals surface area contributed by atoms with Crippen LogP contribution in [0.1, 0.15) is 39.4 Å². The van der Waals surface area contributed by atoms with Crippen LogP contribution in [-0.2, 0) is 0 Å². The highest BCUT2D eigenvalue weighted by atomic mass is 19.1. The lowest BCUT2D eigenvalue weighted by atomic mass is 9.83. The molecule has 0 saturated heterocycles. The number of ketones is 1. The van der Waals surface area contributed by atoms with E-state index in [2.05, 4.69) is 4.98 Å². The third-order valence-corrected chi connectivity index (χ3v) is 4.80. The molecular formula is C23H22FNO3. The number of rotatable bonds is 7. The molecule has 1 unspecified atom stereocenters. The summed E-state index contributed by atoms with van der Waals surface area (Å²) in [6, 6.07) is 15.8. The van der Waals surface area contributed by atoms with Crippen molar-refractivity contribution in [1.29, 1.82) is 0 Å². The van der Waals surface area contributed by atoms with E-state index in [9.17, 15) is 9.18 Å². The van der Waals surface area contributed by atoms with E-state index in [4.69, 9.17) is 9.47 Å². The summed E-state index contributed by atoms with van der Waals surface area (Å²) in [4.78, 5) is 17.0. The molecule has 3 aromatic rings. The van der Waals surface area contributed by atoms with Crippen LogP contribution in [0.3, 0.4) is 0 Å². The number of ether oxygens (including phenoxy) is 2. The van der Waals surface area contributed by atoms with Crippen molar-refractivity contribution in [3.63, 3.8) is 0 Å². The van der Waals surface area contributed by atoms with Gasteiger partial charge in [-0.15, -0.1) is 0 Å². The molecule has 1 atom stereocenters.